The van der Waals surface area contributed by atoms with Crippen molar-refractivity contribution in [3.8, 4) is 0 Å². The van der Waals surface area contributed by atoms with Crippen molar-refractivity contribution < 1.29 is 0 Å². The quantitative estimate of drug-likeness (QED) is 0.642. The fourth-order valence-corrected chi connectivity index (χ4v) is 5.08. The maximum atomic E-state index is 4.90. The second-order valence-corrected chi connectivity index (χ2v) is 8.32. The SMILES string of the molecule is CCCc1sc2c(NCc3nccs3)cc(C)nc2c1C1CC1. The molecule has 4 rings (SSSR count). The Hall–Kier alpha value is -1.46. The van der Waals surface area contributed by atoms with Crippen LogP contribution in [0.5, 0.6) is 0 Å². The first-order valence-corrected chi connectivity index (χ1v) is 10.0. The van der Waals surface area contributed by atoms with Crippen LogP contribution in [-0.2, 0) is 13.0 Å². The van der Waals surface area contributed by atoms with Gasteiger partial charge < -0.3 is 5.32 Å². The maximum absolute atomic E-state index is 4.90. The summed E-state index contributed by atoms with van der Waals surface area (Å²) in [6, 6.07) is 2.18. The van der Waals surface area contributed by atoms with Gasteiger partial charge in [-0.3, -0.25) is 4.98 Å². The molecule has 0 radical (unpaired) electrons. The van der Waals surface area contributed by atoms with Crippen LogP contribution in [0.15, 0.2) is 17.6 Å². The van der Waals surface area contributed by atoms with Gasteiger partial charge in [-0.05, 0) is 43.7 Å². The lowest BCUT2D eigenvalue weighted by molar-refractivity contribution is 0.920. The monoisotopic (exact) mass is 343 g/mol. The number of hydrogen-bond donors (Lipinski definition) is 1. The first-order valence-electron chi connectivity index (χ1n) is 8.31. The van der Waals surface area contributed by atoms with Gasteiger partial charge >= 0.3 is 0 Å². The Kier molecular flexibility index (Phi) is 4.07. The summed E-state index contributed by atoms with van der Waals surface area (Å²) < 4.78 is 1.33. The third kappa shape index (κ3) is 3.00. The van der Waals surface area contributed by atoms with Crippen molar-refractivity contribution in [1.82, 2.24) is 9.97 Å². The van der Waals surface area contributed by atoms with Crippen LogP contribution in [-0.4, -0.2) is 9.97 Å². The number of nitrogens with one attached hydrogen (secondary N) is 1. The van der Waals surface area contributed by atoms with E-state index in [1.165, 1.54) is 41.6 Å². The summed E-state index contributed by atoms with van der Waals surface area (Å²) in [5.41, 5.74) is 5.12. The highest BCUT2D eigenvalue weighted by atomic mass is 32.1. The fraction of sp³-hybridized carbons (Fsp3) is 0.444. The Balaban J connectivity index is 1.76. The smallest absolute Gasteiger partial charge is 0.112 e. The van der Waals surface area contributed by atoms with Crippen LogP contribution in [0.1, 0.15) is 53.2 Å². The van der Waals surface area contributed by atoms with Gasteiger partial charge in [0, 0.05) is 22.1 Å². The van der Waals surface area contributed by atoms with Crippen LogP contribution < -0.4 is 5.32 Å². The third-order valence-electron chi connectivity index (χ3n) is 4.26. The highest BCUT2D eigenvalue weighted by Crippen LogP contribution is 2.49. The summed E-state index contributed by atoms with van der Waals surface area (Å²) in [6.07, 6.45) is 6.91. The zero-order chi connectivity index (χ0) is 15.8. The Labute approximate surface area is 144 Å². The van der Waals surface area contributed by atoms with E-state index < -0.39 is 0 Å². The van der Waals surface area contributed by atoms with Gasteiger partial charge in [-0.2, -0.15) is 0 Å². The molecular weight excluding hydrogens is 322 g/mol. The molecule has 1 saturated carbocycles. The molecule has 1 N–H and O–H groups in total. The molecule has 5 heteroatoms. The lowest BCUT2D eigenvalue weighted by atomic mass is 10.1. The minimum absolute atomic E-state index is 0.756. The molecule has 0 saturated heterocycles. The van der Waals surface area contributed by atoms with Crippen LogP contribution in [0, 0.1) is 6.92 Å². The van der Waals surface area contributed by atoms with Crippen molar-refractivity contribution in [2.45, 2.75) is 52.0 Å². The molecule has 3 aromatic heterocycles. The fourth-order valence-electron chi connectivity index (χ4n) is 3.11. The number of thiophene rings is 1. The molecule has 3 aromatic rings. The summed E-state index contributed by atoms with van der Waals surface area (Å²) in [5.74, 6) is 0.756. The number of aromatic nitrogens is 2. The summed E-state index contributed by atoms with van der Waals surface area (Å²) >= 11 is 3.64. The van der Waals surface area contributed by atoms with Gasteiger partial charge in [-0.15, -0.1) is 22.7 Å². The molecule has 0 amide bonds. The molecule has 3 heterocycles. The molecule has 0 spiro atoms. The van der Waals surface area contributed by atoms with Gasteiger partial charge in [0.1, 0.15) is 5.01 Å². The molecule has 0 unspecified atom stereocenters. The summed E-state index contributed by atoms with van der Waals surface area (Å²) in [4.78, 5) is 10.8. The zero-order valence-electron chi connectivity index (χ0n) is 13.6. The van der Waals surface area contributed by atoms with Crippen molar-refractivity contribution in [3.63, 3.8) is 0 Å². The molecule has 1 fully saturated rings. The van der Waals surface area contributed by atoms with Crippen molar-refractivity contribution in [2.75, 3.05) is 5.32 Å². The molecule has 1 aliphatic carbocycles. The van der Waals surface area contributed by atoms with E-state index in [0.717, 1.165) is 23.2 Å². The van der Waals surface area contributed by atoms with Crippen LogP contribution in [0.3, 0.4) is 0 Å². The second-order valence-electron chi connectivity index (χ2n) is 6.23. The zero-order valence-corrected chi connectivity index (χ0v) is 15.2. The van der Waals surface area contributed by atoms with Crippen molar-refractivity contribution in [3.05, 3.63) is 38.8 Å². The molecule has 120 valence electrons. The van der Waals surface area contributed by atoms with Crippen LogP contribution in [0.2, 0.25) is 0 Å². The largest absolute Gasteiger partial charge is 0.377 e. The summed E-state index contributed by atoms with van der Waals surface area (Å²) in [6.45, 7) is 5.15. The normalized spacial score (nSPS) is 14.5. The Morgan fingerprint density at radius 1 is 1.35 bits per heavy atom. The molecule has 0 bridgehead atoms. The predicted molar refractivity (Wildman–Crippen MR) is 99.8 cm³/mol. The van der Waals surface area contributed by atoms with E-state index in [-0.39, 0.29) is 0 Å². The predicted octanol–water partition coefficient (Wildman–Crippen LogP) is 5.50. The molecule has 0 aromatic carbocycles. The average Bonchev–Trinajstić information content (AvgIpc) is 3.09. The Bertz CT molecular complexity index is 817. The number of pyridine rings is 1. The average molecular weight is 344 g/mol. The number of hydrogen-bond acceptors (Lipinski definition) is 5. The van der Waals surface area contributed by atoms with Gasteiger partial charge in [-0.25, -0.2) is 4.98 Å². The number of aryl methyl sites for hydroxylation is 2. The first kappa shape index (κ1) is 15.1. The topological polar surface area (TPSA) is 37.8 Å². The molecule has 3 nitrogen and oxygen atoms in total. The van der Waals surface area contributed by atoms with E-state index in [0.29, 0.717) is 0 Å². The molecule has 0 aliphatic heterocycles. The molecule has 1 aliphatic rings. The van der Waals surface area contributed by atoms with E-state index in [4.69, 9.17) is 4.98 Å². The first-order chi connectivity index (χ1) is 11.3. The van der Waals surface area contributed by atoms with E-state index in [9.17, 15) is 0 Å². The van der Waals surface area contributed by atoms with Gasteiger partial charge in [0.2, 0.25) is 0 Å². The lowest BCUT2D eigenvalue weighted by Crippen LogP contribution is -2.00. The van der Waals surface area contributed by atoms with Gasteiger partial charge in [-0.1, -0.05) is 13.3 Å². The summed E-state index contributed by atoms with van der Waals surface area (Å²) in [7, 11) is 0. The lowest BCUT2D eigenvalue weighted by Gasteiger charge is -2.07. The molecular formula is C18H21N3S2. The van der Waals surface area contributed by atoms with Gasteiger partial charge in [0.25, 0.3) is 0 Å². The van der Waals surface area contributed by atoms with E-state index in [1.807, 2.05) is 22.9 Å². The van der Waals surface area contributed by atoms with Gasteiger partial charge in [0.15, 0.2) is 0 Å². The van der Waals surface area contributed by atoms with E-state index >= 15 is 0 Å². The Morgan fingerprint density at radius 3 is 2.91 bits per heavy atom. The number of anilines is 1. The molecule has 23 heavy (non-hydrogen) atoms. The van der Waals surface area contributed by atoms with Crippen LogP contribution >= 0.6 is 22.7 Å². The Morgan fingerprint density at radius 2 is 2.22 bits per heavy atom. The molecule has 0 atom stereocenters. The van der Waals surface area contributed by atoms with Crippen molar-refractivity contribution >= 4 is 38.6 Å². The van der Waals surface area contributed by atoms with Crippen molar-refractivity contribution in [1.29, 1.82) is 0 Å². The third-order valence-corrected chi connectivity index (χ3v) is 6.33. The number of fused-ring (bicyclic) bond motifs is 1. The summed E-state index contributed by atoms with van der Waals surface area (Å²) in [5, 5.41) is 6.74. The van der Waals surface area contributed by atoms with Gasteiger partial charge in [0.05, 0.1) is 22.4 Å². The van der Waals surface area contributed by atoms with Crippen LogP contribution in [0.25, 0.3) is 10.2 Å². The van der Waals surface area contributed by atoms with E-state index in [2.05, 4.69) is 30.2 Å². The van der Waals surface area contributed by atoms with E-state index in [1.54, 1.807) is 21.8 Å². The number of rotatable bonds is 6. The highest BCUT2D eigenvalue weighted by molar-refractivity contribution is 7.19. The maximum Gasteiger partial charge on any atom is 0.112 e. The number of thiazole rings is 1. The highest BCUT2D eigenvalue weighted by Gasteiger charge is 2.30. The minimum atomic E-state index is 0.756. The second kappa shape index (κ2) is 6.21. The minimum Gasteiger partial charge on any atom is -0.377 e. The number of nitrogens with zero attached hydrogens (tertiary/aromatic N) is 2. The van der Waals surface area contributed by atoms with Crippen LogP contribution in [0.4, 0.5) is 5.69 Å². The standard InChI is InChI=1S/C18H21N3S2/c1-3-4-14-16(12-5-6-12)17-18(23-14)13(9-11(2)21-17)20-10-15-19-7-8-22-15/h7-9,12H,3-6,10H2,1-2H3,(H,20,21). The van der Waals surface area contributed by atoms with Crippen molar-refractivity contribution in [2.24, 2.45) is 0 Å².